The molecule has 0 radical (unpaired) electrons. The van der Waals surface area contributed by atoms with Gasteiger partial charge in [0.25, 0.3) is 0 Å². The Hall–Kier alpha value is -4.67. The van der Waals surface area contributed by atoms with Gasteiger partial charge in [-0.3, -0.25) is 4.79 Å². The number of unbranched alkanes of at least 4 members (excludes halogenated alkanes) is 2. The van der Waals surface area contributed by atoms with E-state index in [-0.39, 0.29) is 23.0 Å². The van der Waals surface area contributed by atoms with Crippen molar-refractivity contribution in [2.24, 2.45) is 5.92 Å². The molecular weight excluding hydrogens is 568 g/mol. The molecule has 0 aliphatic carbocycles. The van der Waals surface area contributed by atoms with Crippen LogP contribution in [0.15, 0.2) is 91.0 Å². The van der Waals surface area contributed by atoms with Gasteiger partial charge in [-0.25, -0.2) is 19.2 Å². The van der Waals surface area contributed by atoms with Crippen molar-refractivity contribution < 1.29 is 48.4 Å². The van der Waals surface area contributed by atoms with Crippen LogP contribution in [0.1, 0.15) is 72.2 Å². The van der Waals surface area contributed by atoms with Gasteiger partial charge in [-0.15, -0.1) is 0 Å². The van der Waals surface area contributed by atoms with E-state index >= 15 is 0 Å². The van der Waals surface area contributed by atoms with Gasteiger partial charge in [-0.1, -0.05) is 99.8 Å². The van der Waals surface area contributed by atoms with Crippen molar-refractivity contribution in [2.45, 2.75) is 64.8 Å². The van der Waals surface area contributed by atoms with Crippen LogP contribution in [0.4, 0.5) is 0 Å². The predicted molar refractivity (Wildman–Crippen MR) is 160 cm³/mol. The summed E-state index contributed by atoms with van der Waals surface area (Å²) in [5.41, 5.74) is 1.11. The number of carbonyl (C=O) groups is 5. The molecule has 0 spiro atoms. The van der Waals surface area contributed by atoms with Gasteiger partial charge in [-0.2, -0.15) is 0 Å². The Labute approximate surface area is 256 Å². The highest BCUT2D eigenvalue weighted by atomic mass is 16.6. The first-order chi connectivity index (χ1) is 21.2. The summed E-state index contributed by atoms with van der Waals surface area (Å²) in [6.07, 6.45) is 0.528. The largest absolute Gasteiger partial charge is 0.461 e. The van der Waals surface area contributed by atoms with Crippen LogP contribution in [0.5, 0.6) is 0 Å². The third-order valence-corrected chi connectivity index (χ3v) is 6.39. The molecule has 0 amide bonds. The van der Waals surface area contributed by atoms with Crippen LogP contribution in [0.2, 0.25) is 0 Å². The van der Waals surface area contributed by atoms with Crippen LogP contribution in [-0.4, -0.2) is 52.3 Å². The van der Waals surface area contributed by atoms with E-state index in [1.165, 1.54) is 61.4 Å². The molecule has 0 aromatic heterocycles. The van der Waals surface area contributed by atoms with Gasteiger partial charge >= 0.3 is 29.8 Å². The zero-order valence-electron chi connectivity index (χ0n) is 24.8. The average Bonchev–Trinajstić information content (AvgIpc) is 3.06. The number of aliphatic hydroxyl groups is 2. The fourth-order valence-corrected chi connectivity index (χ4v) is 3.80. The minimum atomic E-state index is -2.40. The SMILES string of the molecule is CCCCC[C@H](CC)C(=O)OCc1ccccc1.O=C(OC(=O)C(O)C(O)C(=O)OC(=O)c1ccccc1)c1ccccc1. The summed E-state index contributed by atoms with van der Waals surface area (Å²) in [6, 6.07) is 24.7. The summed E-state index contributed by atoms with van der Waals surface area (Å²) in [5.74, 6) is -5.24. The Morgan fingerprint density at radius 1 is 0.614 bits per heavy atom. The van der Waals surface area contributed by atoms with Gasteiger partial charge in [-0.05, 0) is 42.7 Å². The van der Waals surface area contributed by atoms with Crippen molar-refractivity contribution in [3.05, 3.63) is 108 Å². The van der Waals surface area contributed by atoms with Crippen LogP contribution < -0.4 is 0 Å². The molecule has 0 saturated carbocycles. The molecule has 0 aliphatic rings. The Morgan fingerprint density at radius 3 is 1.45 bits per heavy atom. The summed E-state index contributed by atoms with van der Waals surface area (Å²) in [6.45, 7) is 4.62. The zero-order valence-corrected chi connectivity index (χ0v) is 24.8. The fraction of sp³-hybridized carbons (Fsp3) is 0.324. The monoisotopic (exact) mass is 606 g/mol. The van der Waals surface area contributed by atoms with Crippen molar-refractivity contribution in [3.63, 3.8) is 0 Å². The molecule has 10 heteroatoms. The van der Waals surface area contributed by atoms with E-state index in [1.807, 2.05) is 30.3 Å². The summed E-state index contributed by atoms with van der Waals surface area (Å²) in [7, 11) is 0. The van der Waals surface area contributed by atoms with Crippen molar-refractivity contribution in [3.8, 4) is 0 Å². The van der Waals surface area contributed by atoms with Crippen LogP contribution >= 0.6 is 0 Å². The standard InChI is InChI=1S/C18H14O8.C16H24O2/c19-13(17(23)25-15(21)11-7-3-1-4-8-11)14(20)18(24)26-16(22)12-9-5-2-6-10-12;1-3-5-7-12-15(4-2)16(17)18-13-14-10-8-6-9-11-14/h1-10,13-14,19-20H;6,8-11,15H,3-5,7,12-13H2,1-2H3/t;15-/m.0/s1. The van der Waals surface area contributed by atoms with Crippen LogP contribution in [0.3, 0.4) is 0 Å². The molecule has 234 valence electrons. The van der Waals surface area contributed by atoms with Gasteiger partial charge in [0.1, 0.15) is 6.61 Å². The summed E-state index contributed by atoms with van der Waals surface area (Å²) in [5, 5.41) is 19.3. The summed E-state index contributed by atoms with van der Waals surface area (Å²) in [4.78, 5) is 58.7. The van der Waals surface area contributed by atoms with Gasteiger partial charge in [0.15, 0.2) is 12.2 Å². The summed E-state index contributed by atoms with van der Waals surface area (Å²) >= 11 is 0. The Kier molecular flexibility index (Phi) is 15.7. The van der Waals surface area contributed by atoms with E-state index in [0.717, 1.165) is 24.8 Å². The highest BCUT2D eigenvalue weighted by molar-refractivity contribution is 6.01. The van der Waals surface area contributed by atoms with E-state index in [9.17, 15) is 34.2 Å². The maximum atomic E-state index is 11.9. The van der Waals surface area contributed by atoms with E-state index in [0.29, 0.717) is 6.61 Å². The van der Waals surface area contributed by atoms with E-state index in [4.69, 9.17) is 4.74 Å². The molecule has 3 aromatic rings. The van der Waals surface area contributed by atoms with Crippen LogP contribution in [0.25, 0.3) is 0 Å². The molecule has 0 aliphatic heterocycles. The third kappa shape index (κ3) is 12.3. The number of benzene rings is 3. The van der Waals surface area contributed by atoms with Crippen molar-refractivity contribution in [1.82, 2.24) is 0 Å². The van der Waals surface area contributed by atoms with Crippen molar-refractivity contribution in [1.29, 1.82) is 0 Å². The molecule has 44 heavy (non-hydrogen) atoms. The molecule has 10 nitrogen and oxygen atoms in total. The molecule has 3 atom stereocenters. The number of esters is 5. The van der Waals surface area contributed by atoms with Crippen molar-refractivity contribution >= 4 is 29.8 Å². The molecule has 0 bridgehead atoms. The van der Waals surface area contributed by atoms with Gasteiger partial charge in [0.2, 0.25) is 0 Å². The summed E-state index contributed by atoms with van der Waals surface area (Å²) < 4.78 is 14.1. The lowest BCUT2D eigenvalue weighted by Crippen LogP contribution is -2.43. The molecule has 2 unspecified atom stereocenters. The maximum Gasteiger partial charge on any atom is 0.346 e. The molecule has 3 rings (SSSR count). The average molecular weight is 607 g/mol. The number of aliphatic hydroxyl groups excluding tert-OH is 2. The van der Waals surface area contributed by atoms with Gasteiger partial charge in [0.05, 0.1) is 17.0 Å². The lowest BCUT2D eigenvalue weighted by molar-refractivity contribution is -0.166. The molecule has 0 fully saturated rings. The number of ether oxygens (including phenoxy) is 3. The number of hydrogen-bond acceptors (Lipinski definition) is 10. The second-order valence-corrected chi connectivity index (χ2v) is 9.73. The first kappa shape index (κ1) is 35.5. The Bertz CT molecular complexity index is 1260. The highest BCUT2D eigenvalue weighted by Crippen LogP contribution is 2.16. The quantitative estimate of drug-likeness (QED) is 0.120. The number of rotatable bonds is 13. The number of carbonyl (C=O) groups excluding carboxylic acids is 5. The molecule has 2 N–H and O–H groups in total. The number of hydrogen-bond donors (Lipinski definition) is 2. The minimum Gasteiger partial charge on any atom is -0.461 e. The normalized spacial score (nSPS) is 12.4. The lowest BCUT2D eigenvalue weighted by Gasteiger charge is -2.14. The fourth-order valence-electron chi connectivity index (χ4n) is 3.80. The second-order valence-electron chi connectivity index (χ2n) is 9.73. The van der Waals surface area contributed by atoms with E-state index < -0.39 is 36.1 Å². The first-order valence-corrected chi connectivity index (χ1v) is 14.4. The van der Waals surface area contributed by atoms with E-state index in [2.05, 4.69) is 23.3 Å². The molecular formula is C34H38O10. The molecule has 3 aromatic carbocycles. The predicted octanol–water partition coefficient (Wildman–Crippen LogP) is 4.81. The van der Waals surface area contributed by atoms with Gasteiger partial charge < -0.3 is 24.4 Å². The Morgan fingerprint density at radius 2 is 1.05 bits per heavy atom. The smallest absolute Gasteiger partial charge is 0.346 e. The van der Waals surface area contributed by atoms with Crippen LogP contribution in [0, 0.1) is 5.92 Å². The van der Waals surface area contributed by atoms with E-state index in [1.54, 1.807) is 12.1 Å². The van der Waals surface area contributed by atoms with Crippen molar-refractivity contribution in [2.75, 3.05) is 0 Å². The highest BCUT2D eigenvalue weighted by Gasteiger charge is 2.35. The van der Waals surface area contributed by atoms with Gasteiger partial charge in [0, 0.05) is 0 Å². The molecule has 0 heterocycles. The lowest BCUT2D eigenvalue weighted by atomic mass is 9.99. The Balaban J connectivity index is 0.000000329. The zero-order chi connectivity index (χ0) is 32.3. The first-order valence-electron chi connectivity index (χ1n) is 14.4. The topological polar surface area (TPSA) is 154 Å². The maximum absolute atomic E-state index is 11.9. The minimum absolute atomic E-state index is 0.0318. The van der Waals surface area contributed by atoms with Crippen LogP contribution in [-0.2, 0) is 35.2 Å². The second kappa shape index (κ2) is 19.5. The molecule has 0 saturated heterocycles. The third-order valence-electron chi connectivity index (χ3n) is 6.39.